The summed E-state index contributed by atoms with van der Waals surface area (Å²) in [5.74, 6) is -1.23. The normalized spacial score (nSPS) is 13.2. The highest BCUT2D eigenvalue weighted by atomic mass is 31.2. The van der Waals surface area contributed by atoms with E-state index in [1.165, 1.54) is 0 Å². The maximum Gasteiger partial charge on any atom is 0.345 e. The molecule has 1 aromatic heterocycles. The summed E-state index contributed by atoms with van der Waals surface area (Å²) in [5, 5.41) is 17.3. The maximum atomic E-state index is 12.7. The number of aryl methyl sites for hydroxylation is 1. The molecule has 1 aromatic rings. The Morgan fingerprint density at radius 1 is 1.43 bits per heavy atom. The van der Waals surface area contributed by atoms with Crippen LogP contribution >= 0.6 is 7.60 Å². The number of unbranched alkanes of at least 4 members (excludes halogenated alkanes) is 2. The van der Waals surface area contributed by atoms with Gasteiger partial charge in [-0.3, -0.25) is 14.0 Å². The number of hydrogen-bond acceptors (Lipinski definition) is 6. The highest BCUT2D eigenvalue weighted by Gasteiger charge is 2.41. The van der Waals surface area contributed by atoms with Crippen molar-refractivity contribution in [3.05, 3.63) is 18.3 Å². The van der Waals surface area contributed by atoms with Crippen molar-refractivity contribution >= 4 is 13.6 Å². The maximum absolute atomic E-state index is 12.7. The number of carboxylic acid groups (broad SMARTS) is 1. The summed E-state index contributed by atoms with van der Waals surface area (Å²) in [6.07, 6.45) is 5.59. The number of rotatable bonds is 12. The lowest BCUT2D eigenvalue weighted by atomic mass is 10.2. The molecule has 0 aromatic carbocycles. The third-order valence-corrected chi connectivity index (χ3v) is 5.56. The van der Waals surface area contributed by atoms with E-state index < -0.39 is 19.2 Å². The van der Waals surface area contributed by atoms with Gasteiger partial charge in [-0.1, -0.05) is 12.1 Å². The van der Waals surface area contributed by atoms with Crippen molar-refractivity contribution in [1.29, 1.82) is 0 Å². The molecule has 0 amide bonds. The molecule has 0 aliphatic rings. The van der Waals surface area contributed by atoms with Gasteiger partial charge in [0.1, 0.15) is 0 Å². The Morgan fingerprint density at radius 3 is 2.61 bits per heavy atom. The molecule has 1 atom stereocenters. The molecule has 0 aliphatic carbocycles. The monoisotopic (exact) mass is 346 g/mol. The van der Waals surface area contributed by atoms with Gasteiger partial charge in [-0.2, -0.15) is 0 Å². The van der Waals surface area contributed by atoms with Crippen LogP contribution in [0, 0.1) is 6.42 Å². The molecule has 0 spiro atoms. The van der Waals surface area contributed by atoms with Crippen LogP contribution in [0.25, 0.3) is 0 Å². The summed E-state index contributed by atoms with van der Waals surface area (Å²) >= 11 is 0. The van der Waals surface area contributed by atoms with Crippen molar-refractivity contribution in [3.63, 3.8) is 0 Å². The van der Waals surface area contributed by atoms with Gasteiger partial charge in [-0.15, -0.1) is 5.10 Å². The fourth-order valence-corrected chi connectivity index (χ4v) is 3.94. The van der Waals surface area contributed by atoms with E-state index in [4.69, 9.17) is 9.05 Å². The Morgan fingerprint density at radius 2 is 2.09 bits per heavy atom. The number of aliphatic carboxylic acids is 1. The number of aromatic nitrogens is 3. The minimum Gasteiger partial charge on any atom is -0.481 e. The first-order valence-electron chi connectivity index (χ1n) is 7.75. The van der Waals surface area contributed by atoms with Crippen LogP contribution in [-0.2, 0) is 31.4 Å². The lowest BCUT2D eigenvalue weighted by Crippen LogP contribution is -2.26. The summed E-state index contributed by atoms with van der Waals surface area (Å²) in [4.78, 5) is 11.5. The number of nitrogens with zero attached hydrogens (tertiary/aromatic N) is 3. The van der Waals surface area contributed by atoms with Gasteiger partial charge in [0, 0.05) is 19.2 Å². The van der Waals surface area contributed by atoms with Crippen molar-refractivity contribution in [2.45, 2.75) is 52.2 Å². The second kappa shape index (κ2) is 9.80. The van der Waals surface area contributed by atoms with Crippen molar-refractivity contribution < 1.29 is 23.5 Å². The molecule has 0 saturated heterocycles. The molecule has 0 fully saturated rings. The molecular formula is C14H25N3O5P. The molecule has 0 aliphatic heterocycles. The molecule has 1 N–H and O–H groups in total. The minimum atomic E-state index is -3.75. The highest BCUT2D eigenvalue weighted by Crippen LogP contribution is 2.54. The Balaban J connectivity index is 2.83. The van der Waals surface area contributed by atoms with Gasteiger partial charge < -0.3 is 14.2 Å². The summed E-state index contributed by atoms with van der Waals surface area (Å²) in [6, 6.07) is 0. The SMILES string of the molecule is C[CH]CCCn1cc(C[C@H](C(=O)O)P(=O)(OCC)OCC)nn1. The second-order valence-electron chi connectivity index (χ2n) is 4.96. The zero-order valence-corrected chi connectivity index (χ0v) is 14.7. The molecule has 9 heteroatoms. The van der Waals surface area contributed by atoms with E-state index in [-0.39, 0.29) is 19.6 Å². The molecule has 1 heterocycles. The minimum absolute atomic E-state index is 0.0491. The van der Waals surface area contributed by atoms with Gasteiger partial charge in [0.25, 0.3) is 0 Å². The first-order valence-corrected chi connectivity index (χ1v) is 9.36. The first-order chi connectivity index (χ1) is 11.0. The largest absolute Gasteiger partial charge is 0.481 e. The molecule has 0 saturated carbocycles. The summed E-state index contributed by atoms with van der Waals surface area (Å²) in [6.45, 7) is 6.20. The topological polar surface area (TPSA) is 104 Å². The average molecular weight is 346 g/mol. The highest BCUT2D eigenvalue weighted by molar-refractivity contribution is 7.55. The zero-order chi connectivity index (χ0) is 17.3. The van der Waals surface area contributed by atoms with Gasteiger partial charge in [-0.25, -0.2) is 0 Å². The molecule has 0 unspecified atom stereocenters. The van der Waals surface area contributed by atoms with Crippen LogP contribution in [-0.4, -0.2) is 44.9 Å². The van der Waals surface area contributed by atoms with Gasteiger partial charge in [0.05, 0.1) is 18.9 Å². The molecule has 131 valence electrons. The van der Waals surface area contributed by atoms with E-state index in [1.54, 1.807) is 24.7 Å². The van der Waals surface area contributed by atoms with E-state index in [2.05, 4.69) is 16.7 Å². The van der Waals surface area contributed by atoms with Gasteiger partial charge in [0.2, 0.25) is 0 Å². The van der Waals surface area contributed by atoms with E-state index in [9.17, 15) is 14.5 Å². The van der Waals surface area contributed by atoms with Crippen LogP contribution in [0.1, 0.15) is 39.3 Å². The molecular weight excluding hydrogens is 321 g/mol. The quantitative estimate of drug-likeness (QED) is 0.458. The molecule has 1 radical (unpaired) electrons. The van der Waals surface area contributed by atoms with E-state index in [1.807, 2.05) is 6.92 Å². The third kappa shape index (κ3) is 6.05. The smallest absolute Gasteiger partial charge is 0.345 e. The average Bonchev–Trinajstić information content (AvgIpc) is 2.93. The molecule has 23 heavy (non-hydrogen) atoms. The van der Waals surface area contributed by atoms with Crippen LogP contribution in [0.4, 0.5) is 0 Å². The Labute approximate surface area is 136 Å². The number of carbonyl (C=O) groups is 1. The molecule has 8 nitrogen and oxygen atoms in total. The van der Waals surface area contributed by atoms with Crippen LogP contribution in [0.5, 0.6) is 0 Å². The van der Waals surface area contributed by atoms with Crippen molar-refractivity contribution in [3.8, 4) is 0 Å². The lowest BCUT2D eigenvalue weighted by molar-refractivity contribution is -0.137. The standard InChI is InChI=1S/C14H25N3O5P/c1-4-7-8-9-17-11-12(15-16-17)10-13(14(18)19)23(20,21-5-2)22-6-3/h4,11,13H,5-10H2,1-3H3,(H,18,19)/t13-/m1/s1. The molecule has 1 rings (SSSR count). The van der Waals surface area contributed by atoms with Crippen LogP contribution in [0.15, 0.2) is 6.20 Å². The predicted octanol–water partition coefficient (Wildman–Crippen LogP) is 2.54. The number of hydrogen-bond donors (Lipinski definition) is 1. The predicted molar refractivity (Wildman–Crippen MR) is 85.2 cm³/mol. The van der Waals surface area contributed by atoms with Crippen molar-refractivity contribution in [1.82, 2.24) is 15.0 Å². The van der Waals surface area contributed by atoms with Crippen LogP contribution < -0.4 is 0 Å². The van der Waals surface area contributed by atoms with E-state index >= 15 is 0 Å². The summed E-state index contributed by atoms with van der Waals surface area (Å²) < 4.78 is 24.6. The fourth-order valence-electron chi connectivity index (χ4n) is 2.11. The molecule has 0 bridgehead atoms. The first kappa shape index (κ1) is 19.8. The van der Waals surface area contributed by atoms with Gasteiger partial charge in [0.15, 0.2) is 5.66 Å². The van der Waals surface area contributed by atoms with Crippen LogP contribution in [0.3, 0.4) is 0 Å². The Bertz CT molecular complexity index is 524. The third-order valence-electron chi connectivity index (χ3n) is 3.15. The Hall–Kier alpha value is -1.24. The lowest BCUT2D eigenvalue weighted by Gasteiger charge is -2.22. The summed E-state index contributed by atoms with van der Waals surface area (Å²) in [5.41, 5.74) is -0.839. The fraction of sp³-hybridized carbons (Fsp3) is 0.714. The van der Waals surface area contributed by atoms with E-state index in [0.29, 0.717) is 12.2 Å². The number of carboxylic acids is 1. The Kier molecular flexibility index (Phi) is 8.44. The van der Waals surface area contributed by atoms with Crippen LogP contribution in [0.2, 0.25) is 0 Å². The van der Waals surface area contributed by atoms with Crippen molar-refractivity contribution in [2.24, 2.45) is 0 Å². The summed E-state index contributed by atoms with van der Waals surface area (Å²) in [7, 11) is -3.75. The van der Waals surface area contributed by atoms with Gasteiger partial charge >= 0.3 is 13.6 Å². The van der Waals surface area contributed by atoms with E-state index in [0.717, 1.165) is 12.8 Å². The second-order valence-corrected chi connectivity index (χ2v) is 7.18. The van der Waals surface area contributed by atoms with Crippen molar-refractivity contribution in [2.75, 3.05) is 13.2 Å². The zero-order valence-electron chi connectivity index (χ0n) is 13.8. The van der Waals surface area contributed by atoms with Gasteiger partial charge in [-0.05, 0) is 33.1 Å².